The summed E-state index contributed by atoms with van der Waals surface area (Å²) in [4.78, 5) is 11.9. The number of anilines is 1. The number of hydrogen-bond donors (Lipinski definition) is 1. The van der Waals surface area contributed by atoms with Crippen molar-refractivity contribution in [2.75, 3.05) is 5.32 Å². The first-order valence-electron chi connectivity index (χ1n) is 8.60. The number of benzene rings is 1. The number of nitrogens with one attached hydrogen (secondary N) is 1. The average Bonchev–Trinajstić information content (AvgIpc) is 2.96. The number of carbonyl (C=O) groups excluding carboxylic acids is 1. The highest BCUT2D eigenvalue weighted by Gasteiger charge is 2.45. The third kappa shape index (κ3) is 4.95. The van der Waals surface area contributed by atoms with Crippen LogP contribution < -0.4 is 5.32 Å². The minimum Gasteiger partial charge on any atom is -0.344 e. The van der Waals surface area contributed by atoms with Crippen LogP contribution in [0.15, 0.2) is 47.8 Å². The highest BCUT2D eigenvalue weighted by atomic mass is 35.5. The molecule has 0 fully saturated rings. The average molecular weight is 480 g/mol. The number of rotatable bonds is 6. The third-order valence-electron chi connectivity index (χ3n) is 4.35. The Kier molecular flexibility index (Phi) is 6.94. The van der Waals surface area contributed by atoms with Crippen LogP contribution in [0.2, 0.25) is 5.02 Å². The number of carbonyl (C=O) groups is 1. The summed E-state index contributed by atoms with van der Waals surface area (Å²) in [5.41, 5.74) is 2.17. The minimum absolute atomic E-state index is 0.0201. The number of aryl methyl sites for hydroxylation is 2. The Labute approximate surface area is 181 Å². The van der Waals surface area contributed by atoms with Crippen LogP contribution in [0.1, 0.15) is 23.0 Å². The Morgan fingerprint density at radius 2 is 2.00 bits per heavy atom. The lowest BCUT2D eigenvalue weighted by Crippen LogP contribution is -2.43. The van der Waals surface area contributed by atoms with Crippen molar-refractivity contribution < 1.29 is 30.8 Å². The maximum Gasteiger partial charge on any atom is 0.409 e. The maximum absolute atomic E-state index is 13.4. The van der Waals surface area contributed by atoms with Gasteiger partial charge in [0.05, 0.1) is 11.2 Å². The minimum atomic E-state index is -4.89. The van der Waals surface area contributed by atoms with Crippen molar-refractivity contribution in [1.82, 2.24) is 8.87 Å². The predicted molar refractivity (Wildman–Crippen MR) is 108 cm³/mol. The van der Waals surface area contributed by atoms with Gasteiger partial charge in [-0.05, 0) is 37.6 Å². The Balaban J connectivity index is 2.50. The van der Waals surface area contributed by atoms with Crippen molar-refractivity contribution in [1.29, 1.82) is 0 Å². The summed E-state index contributed by atoms with van der Waals surface area (Å²) in [6.45, 7) is 5.25. The molecule has 0 radical (unpaired) electrons. The summed E-state index contributed by atoms with van der Waals surface area (Å²) in [6, 6.07) is 1.33. The fourth-order valence-corrected chi connectivity index (χ4v) is 4.81. The van der Waals surface area contributed by atoms with Gasteiger partial charge in [0.1, 0.15) is 22.4 Å². The Morgan fingerprint density at radius 1 is 1.39 bits per heavy atom. The van der Waals surface area contributed by atoms with E-state index in [1.54, 1.807) is 0 Å². The second-order valence-electron chi connectivity index (χ2n) is 6.57. The highest BCUT2D eigenvalue weighted by molar-refractivity contribution is 7.89. The molecule has 168 valence electrons. The third-order valence-corrected chi connectivity index (χ3v) is 6.68. The summed E-state index contributed by atoms with van der Waals surface area (Å²) >= 11 is 6.12. The van der Waals surface area contributed by atoms with E-state index >= 15 is 0 Å². The van der Waals surface area contributed by atoms with Gasteiger partial charge in [-0.2, -0.15) is 13.2 Å². The molecule has 0 aliphatic rings. The highest BCUT2D eigenvalue weighted by Crippen LogP contribution is 2.34. The number of sulfonamides is 1. The van der Waals surface area contributed by atoms with Crippen molar-refractivity contribution in [3.8, 4) is 0 Å². The van der Waals surface area contributed by atoms with Gasteiger partial charge in [0.2, 0.25) is 0 Å². The molecule has 6 nitrogen and oxygen atoms in total. The van der Waals surface area contributed by atoms with E-state index in [0.29, 0.717) is 13.1 Å². The quantitative estimate of drug-likeness (QED) is 0.485. The molecule has 1 aromatic heterocycles. The molecule has 0 spiro atoms. The molecular formula is C19H18ClF4N3O3S. The Bertz CT molecular complexity index is 1170. The molecule has 0 aliphatic heterocycles. The van der Waals surface area contributed by atoms with Crippen LogP contribution in [0.5, 0.6) is 0 Å². The second-order valence-corrected chi connectivity index (χ2v) is 8.76. The smallest absolute Gasteiger partial charge is 0.344 e. The number of hydrogen-bond acceptors (Lipinski definition) is 3. The van der Waals surface area contributed by atoms with E-state index in [1.165, 1.54) is 26.1 Å². The SMILES string of the molecule is C=C=CN([C@H](C)C(F)(F)F)S(=O)(=O)c1cn(C)c(C(=O)Nc2ccc(F)c(C)c2)c1Cl. The number of aromatic nitrogens is 1. The number of nitrogens with zero attached hydrogens (tertiary/aromatic N) is 2. The zero-order valence-electron chi connectivity index (χ0n) is 16.6. The zero-order valence-corrected chi connectivity index (χ0v) is 18.2. The van der Waals surface area contributed by atoms with E-state index < -0.39 is 43.9 Å². The molecular weight excluding hydrogens is 462 g/mol. The van der Waals surface area contributed by atoms with Crippen molar-refractivity contribution in [2.45, 2.75) is 31.0 Å². The zero-order chi connectivity index (χ0) is 23.7. The van der Waals surface area contributed by atoms with Crippen LogP contribution >= 0.6 is 11.6 Å². The van der Waals surface area contributed by atoms with Gasteiger partial charge in [0.15, 0.2) is 0 Å². The van der Waals surface area contributed by atoms with Crippen molar-refractivity contribution in [3.05, 3.63) is 65.0 Å². The van der Waals surface area contributed by atoms with E-state index in [4.69, 9.17) is 11.6 Å². The summed E-state index contributed by atoms with van der Waals surface area (Å²) in [5.74, 6) is -1.33. The van der Waals surface area contributed by atoms with E-state index in [1.807, 2.05) is 5.73 Å². The lowest BCUT2D eigenvalue weighted by Gasteiger charge is -2.27. The van der Waals surface area contributed by atoms with Gasteiger partial charge in [-0.1, -0.05) is 18.2 Å². The van der Waals surface area contributed by atoms with E-state index in [9.17, 15) is 30.8 Å². The van der Waals surface area contributed by atoms with Gasteiger partial charge in [0.25, 0.3) is 15.9 Å². The summed E-state index contributed by atoms with van der Waals surface area (Å²) in [7, 11) is -3.52. The molecule has 0 aliphatic carbocycles. The maximum atomic E-state index is 13.4. The van der Waals surface area contributed by atoms with Crippen LogP contribution in [0.4, 0.5) is 23.2 Å². The standard InChI is InChI=1S/C19H18ClF4N3O3S/c1-5-8-27(12(3)19(22,23)24)31(29,30)15-10-26(4)17(16(15)20)18(28)25-13-6-7-14(21)11(2)9-13/h6-10,12H,1H2,2-4H3,(H,25,28)/t12-/m1/s1. The number of amides is 1. The van der Waals surface area contributed by atoms with E-state index in [-0.39, 0.29) is 21.2 Å². The number of halogens is 5. The summed E-state index contributed by atoms with van der Waals surface area (Å²) < 4.78 is 79.9. The summed E-state index contributed by atoms with van der Waals surface area (Å²) in [5, 5.41) is 1.87. The van der Waals surface area contributed by atoms with Gasteiger partial charge in [-0.3, -0.25) is 9.10 Å². The number of alkyl halides is 3. The predicted octanol–water partition coefficient (Wildman–Crippen LogP) is 4.62. The van der Waals surface area contributed by atoms with Crippen LogP contribution in [-0.2, 0) is 17.1 Å². The molecule has 0 unspecified atom stereocenters. The molecule has 1 atom stereocenters. The van der Waals surface area contributed by atoms with Crippen molar-refractivity contribution in [3.63, 3.8) is 0 Å². The molecule has 1 aromatic carbocycles. The molecule has 0 saturated heterocycles. The van der Waals surface area contributed by atoms with Crippen molar-refractivity contribution >= 4 is 33.2 Å². The second kappa shape index (κ2) is 8.78. The molecule has 1 amide bonds. The molecule has 0 bridgehead atoms. The fraction of sp³-hybridized carbons (Fsp3) is 0.263. The van der Waals surface area contributed by atoms with E-state index in [0.717, 1.165) is 16.8 Å². The summed E-state index contributed by atoms with van der Waals surface area (Å²) in [6.07, 6.45) is -3.42. The largest absolute Gasteiger partial charge is 0.409 e. The van der Waals surface area contributed by atoms with Crippen molar-refractivity contribution in [2.24, 2.45) is 7.05 Å². The lowest BCUT2D eigenvalue weighted by molar-refractivity contribution is -0.161. The fourth-order valence-electron chi connectivity index (χ4n) is 2.66. The molecule has 2 rings (SSSR count). The van der Waals surface area contributed by atoms with E-state index in [2.05, 4.69) is 11.9 Å². The normalized spacial score (nSPS) is 12.8. The molecule has 0 saturated carbocycles. The van der Waals surface area contributed by atoms with Gasteiger partial charge in [-0.25, -0.2) is 12.8 Å². The Hall–Kier alpha value is -2.75. The van der Waals surface area contributed by atoms with Gasteiger partial charge in [0, 0.05) is 18.9 Å². The first-order valence-corrected chi connectivity index (χ1v) is 10.4. The van der Waals surface area contributed by atoms with Crippen LogP contribution in [0.25, 0.3) is 0 Å². The molecule has 2 aromatic rings. The van der Waals surface area contributed by atoms with Crippen LogP contribution in [0.3, 0.4) is 0 Å². The van der Waals surface area contributed by atoms with Gasteiger partial charge >= 0.3 is 6.18 Å². The molecule has 12 heteroatoms. The molecule has 1 heterocycles. The molecule has 31 heavy (non-hydrogen) atoms. The first-order chi connectivity index (χ1) is 14.2. The lowest BCUT2D eigenvalue weighted by atomic mass is 10.2. The first kappa shape index (κ1) is 24.5. The van der Waals surface area contributed by atoms with Crippen LogP contribution in [0, 0.1) is 12.7 Å². The van der Waals surface area contributed by atoms with Crippen LogP contribution in [-0.4, -0.2) is 35.4 Å². The monoisotopic (exact) mass is 479 g/mol. The Morgan fingerprint density at radius 3 is 2.52 bits per heavy atom. The van der Waals surface area contributed by atoms with Gasteiger partial charge in [-0.15, -0.1) is 5.73 Å². The topological polar surface area (TPSA) is 71.4 Å². The molecule has 1 N–H and O–H groups in total. The van der Waals surface area contributed by atoms with Gasteiger partial charge < -0.3 is 9.88 Å².